The van der Waals surface area contributed by atoms with Crippen molar-refractivity contribution in [2.24, 2.45) is 11.3 Å². The van der Waals surface area contributed by atoms with Gasteiger partial charge in [-0.2, -0.15) is 0 Å². The number of thioether (sulfide) groups is 1. The van der Waals surface area contributed by atoms with Gasteiger partial charge < -0.3 is 15.3 Å². The van der Waals surface area contributed by atoms with Crippen molar-refractivity contribution in [2.45, 2.75) is 85.9 Å². The first-order valence-corrected chi connectivity index (χ1v) is 13.1. The van der Waals surface area contributed by atoms with Crippen LogP contribution in [0.15, 0.2) is 41.8 Å². The van der Waals surface area contributed by atoms with E-state index in [1.165, 1.54) is 10.5 Å². The predicted molar refractivity (Wildman–Crippen MR) is 143 cm³/mol. The summed E-state index contributed by atoms with van der Waals surface area (Å²) in [5.74, 6) is -0.421. The lowest BCUT2D eigenvalue weighted by molar-refractivity contribution is -0.145. The molecule has 2 amide bonds. The first-order valence-electron chi connectivity index (χ1n) is 12.2. The standard InChI is InChI=1S/C28H42N2O3S/c1-9-11-23(28(6,7)8)27(33)30-17-22(31)16-24(30)26(32)29-19(5)20-12-14-21(15-13-20)25(18(3)4)34-10-2/h10,12-15,19,22-24,31H,2,9,11,16-17H2,1,3-8H3,(H,29,32)/t19-,22+,23?,24-/m0/s1. The Morgan fingerprint density at radius 2 is 1.88 bits per heavy atom. The van der Waals surface area contributed by atoms with Gasteiger partial charge in [0, 0.05) is 23.8 Å². The molecule has 2 N–H and O–H groups in total. The Kier molecular flexibility index (Phi) is 10.0. The molecule has 0 saturated carbocycles. The summed E-state index contributed by atoms with van der Waals surface area (Å²) in [7, 11) is 0. The zero-order valence-electron chi connectivity index (χ0n) is 21.9. The minimum atomic E-state index is -0.679. The lowest BCUT2D eigenvalue weighted by Crippen LogP contribution is -2.50. The number of benzene rings is 1. The van der Waals surface area contributed by atoms with Gasteiger partial charge in [-0.15, -0.1) is 0 Å². The molecule has 2 rings (SSSR count). The number of aliphatic hydroxyl groups is 1. The molecule has 5 nitrogen and oxygen atoms in total. The normalized spacial score (nSPS) is 19.9. The van der Waals surface area contributed by atoms with Gasteiger partial charge in [-0.05, 0) is 49.1 Å². The second kappa shape index (κ2) is 12.1. The fraction of sp³-hybridized carbons (Fsp3) is 0.571. The largest absolute Gasteiger partial charge is 0.391 e. The third kappa shape index (κ3) is 6.98. The van der Waals surface area contributed by atoms with E-state index in [4.69, 9.17) is 0 Å². The summed E-state index contributed by atoms with van der Waals surface area (Å²) in [6.45, 7) is 18.4. The molecule has 0 aromatic heterocycles. The summed E-state index contributed by atoms with van der Waals surface area (Å²) in [5.41, 5.74) is 3.13. The van der Waals surface area contributed by atoms with E-state index in [0.29, 0.717) is 0 Å². The first kappa shape index (κ1) is 28.2. The van der Waals surface area contributed by atoms with E-state index < -0.39 is 12.1 Å². The molecular formula is C28H42N2O3S. The van der Waals surface area contributed by atoms with Gasteiger partial charge in [0.15, 0.2) is 0 Å². The Hall–Kier alpha value is -2.05. The number of hydrogen-bond acceptors (Lipinski definition) is 4. The van der Waals surface area contributed by atoms with Gasteiger partial charge in [-0.1, -0.05) is 82.3 Å². The van der Waals surface area contributed by atoms with Crippen LogP contribution < -0.4 is 5.32 Å². The SMILES string of the molecule is C=CSC(=C(C)C)c1ccc([C@H](C)NC(=O)[C@@H]2C[C@@H](O)CN2C(=O)C(CCC)C(C)(C)C)cc1. The van der Waals surface area contributed by atoms with Crippen LogP contribution in [-0.2, 0) is 9.59 Å². The van der Waals surface area contributed by atoms with Gasteiger partial charge in [0.2, 0.25) is 11.8 Å². The van der Waals surface area contributed by atoms with E-state index >= 15 is 0 Å². The first-order chi connectivity index (χ1) is 15.9. The van der Waals surface area contributed by atoms with Crippen LogP contribution in [0, 0.1) is 11.3 Å². The number of nitrogens with one attached hydrogen (secondary N) is 1. The quantitative estimate of drug-likeness (QED) is 0.455. The molecule has 0 spiro atoms. The smallest absolute Gasteiger partial charge is 0.243 e. The molecule has 1 saturated heterocycles. The number of likely N-dealkylation sites (tertiary alicyclic amines) is 1. The van der Waals surface area contributed by atoms with Crippen LogP contribution >= 0.6 is 11.8 Å². The van der Waals surface area contributed by atoms with Crippen LogP contribution in [0.2, 0.25) is 0 Å². The van der Waals surface area contributed by atoms with Crippen molar-refractivity contribution >= 4 is 28.5 Å². The molecular weight excluding hydrogens is 444 g/mol. The Bertz CT molecular complexity index is 897. The van der Waals surface area contributed by atoms with Crippen molar-refractivity contribution < 1.29 is 14.7 Å². The highest BCUT2D eigenvalue weighted by atomic mass is 32.2. The van der Waals surface area contributed by atoms with Crippen molar-refractivity contribution in [3.8, 4) is 0 Å². The Labute approximate surface area is 210 Å². The monoisotopic (exact) mass is 486 g/mol. The average molecular weight is 487 g/mol. The summed E-state index contributed by atoms with van der Waals surface area (Å²) in [6, 6.07) is 7.31. The average Bonchev–Trinajstić information content (AvgIpc) is 3.16. The summed E-state index contributed by atoms with van der Waals surface area (Å²) >= 11 is 1.60. The minimum absolute atomic E-state index is 0.0305. The Morgan fingerprint density at radius 3 is 2.38 bits per heavy atom. The van der Waals surface area contributed by atoms with Crippen LogP contribution in [0.25, 0.3) is 4.91 Å². The molecule has 1 aromatic carbocycles. The zero-order valence-corrected chi connectivity index (χ0v) is 22.7. The summed E-state index contributed by atoms with van der Waals surface area (Å²) in [5, 5.41) is 15.2. The number of allylic oxidation sites excluding steroid dienone is 1. The van der Waals surface area contributed by atoms with Crippen molar-refractivity contribution in [1.82, 2.24) is 10.2 Å². The van der Waals surface area contributed by atoms with Gasteiger partial charge in [0.25, 0.3) is 0 Å². The number of nitrogens with zero attached hydrogens (tertiary/aromatic N) is 1. The molecule has 1 aliphatic rings. The fourth-order valence-electron chi connectivity index (χ4n) is 4.60. The molecule has 4 atom stereocenters. The molecule has 188 valence electrons. The number of aliphatic hydroxyl groups excluding tert-OH is 1. The number of carbonyl (C=O) groups excluding carboxylic acids is 2. The van der Waals surface area contributed by atoms with Gasteiger partial charge >= 0.3 is 0 Å². The molecule has 1 aromatic rings. The Balaban J connectivity index is 2.16. The van der Waals surface area contributed by atoms with Crippen molar-refractivity contribution in [3.05, 3.63) is 53.0 Å². The van der Waals surface area contributed by atoms with E-state index in [0.717, 1.165) is 24.0 Å². The second-order valence-electron chi connectivity index (χ2n) is 10.6. The zero-order chi connectivity index (χ0) is 25.6. The Morgan fingerprint density at radius 1 is 1.26 bits per heavy atom. The van der Waals surface area contributed by atoms with Crippen molar-refractivity contribution in [2.75, 3.05) is 6.54 Å². The van der Waals surface area contributed by atoms with Gasteiger partial charge in [0.1, 0.15) is 6.04 Å². The maximum absolute atomic E-state index is 13.4. The fourth-order valence-corrected chi connectivity index (χ4v) is 5.27. The van der Waals surface area contributed by atoms with Crippen LogP contribution in [0.1, 0.15) is 84.9 Å². The highest BCUT2D eigenvalue weighted by Crippen LogP contribution is 2.34. The minimum Gasteiger partial charge on any atom is -0.391 e. The highest BCUT2D eigenvalue weighted by molar-refractivity contribution is 8.10. The van der Waals surface area contributed by atoms with E-state index in [1.807, 2.05) is 24.5 Å². The maximum atomic E-state index is 13.4. The van der Waals surface area contributed by atoms with E-state index in [9.17, 15) is 14.7 Å². The van der Waals surface area contributed by atoms with E-state index in [1.54, 1.807) is 16.7 Å². The summed E-state index contributed by atoms with van der Waals surface area (Å²) in [4.78, 5) is 29.4. The van der Waals surface area contributed by atoms with Gasteiger partial charge in [-0.25, -0.2) is 0 Å². The number of hydrogen-bond donors (Lipinski definition) is 2. The van der Waals surface area contributed by atoms with Crippen LogP contribution in [-0.4, -0.2) is 40.5 Å². The molecule has 1 heterocycles. The van der Waals surface area contributed by atoms with Crippen LogP contribution in [0.4, 0.5) is 0 Å². The maximum Gasteiger partial charge on any atom is 0.243 e. The third-order valence-corrected chi connectivity index (χ3v) is 7.52. The number of β-amino-alcohol motifs (C(OH)–C–C–N with tert-alkyl or cyclic N) is 1. The molecule has 0 bridgehead atoms. The van der Waals surface area contributed by atoms with Crippen LogP contribution in [0.3, 0.4) is 0 Å². The molecule has 1 aliphatic heterocycles. The van der Waals surface area contributed by atoms with Gasteiger partial charge in [-0.3, -0.25) is 9.59 Å². The lowest BCUT2D eigenvalue weighted by Gasteiger charge is -2.35. The number of rotatable bonds is 9. The number of carbonyl (C=O) groups is 2. The van der Waals surface area contributed by atoms with Crippen molar-refractivity contribution in [1.29, 1.82) is 0 Å². The molecule has 6 heteroatoms. The molecule has 1 unspecified atom stereocenters. The lowest BCUT2D eigenvalue weighted by atomic mass is 9.77. The topological polar surface area (TPSA) is 69.6 Å². The highest BCUT2D eigenvalue weighted by Gasteiger charge is 2.43. The molecule has 0 aliphatic carbocycles. The van der Waals surface area contributed by atoms with E-state index in [2.05, 4.69) is 65.6 Å². The second-order valence-corrected chi connectivity index (χ2v) is 11.5. The third-order valence-electron chi connectivity index (χ3n) is 6.47. The summed E-state index contributed by atoms with van der Waals surface area (Å²) in [6.07, 6.45) is 1.26. The van der Waals surface area contributed by atoms with Crippen molar-refractivity contribution in [3.63, 3.8) is 0 Å². The van der Waals surface area contributed by atoms with Crippen LogP contribution in [0.5, 0.6) is 0 Å². The number of amides is 2. The molecule has 0 radical (unpaired) electrons. The molecule has 1 fully saturated rings. The van der Waals surface area contributed by atoms with Gasteiger partial charge in [0.05, 0.1) is 12.1 Å². The summed E-state index contributed by atoms with van der Waals surface area (Å²) < 4.78 is 0. The van der Waals surface area contributed by atoms with E-state index in [-0.39, 0.29) is 42.2 Å². The predicted octanol–water partition coefficient (Wildman–Crippen LogP) is 5.92. The molecule has 34 heavy (non-hydrogen) atoms.